The third-order valence-electron chi connectivity index (χ3n) is 4.78. The number of aromatic amines is 1. The van der Waals surface area contributed by atoms with Crippen LogP contribution in [0, 0.1) is 0 Å². The van der Waals surface area contributed by atoms with E-state index in [1.807, 2.05) is 0 Å². The number of hydrogen-bond acceptors (Lipinski definition) is 5. The van der Waals surface area contributed by atoms with Crippen LogP contribution in [0.15, 0.2) is 36.5 Å². The Bertz CT molecular complexity index is 965. The number of alkyl halides is 3. The minimum atomic E-state index is -4.75. The number of nitrogens with zero attached hydrogens (tertiary/aromatic N) is 2. The summed E-state index contributed by atoms with van der Waals surface area (Å²) in [5.41, 5.74) is 1.82. The number of halogens is 3. The molecule has 0 amide bonds. The van der Waals surface area contributed by atoms with Gasteiger partial charge in [0.05, 0.1) is 11.6 Å². The monoisotopic (exact) mass is 392 g/mol. The lowest BCUT2D eigenvalue weighted by Crippen LogP contribution is -2.28. The van der Waals surface area contributed by atoms with E-state index in [9.17, 15) is 18.3 Å². The first-order chi connectivity index (χ1) is 13.4. The zero-order chi connectivity index (χ0) is 19.7. The number of anilines is 1. The normalized spacial score (nSPS) is 20.3. The number of imidazole rings is 1. The second kappa shape index (κ2) is 7.31. The van der Waals surface area contributed by atoms with Crippen molar-refractivity contribution >= 4 is 16.9 Å². The SMILES string of the molecule is OC1CCC(Nc2nccc3[nH]c(-c4cccc(OC(F)(F)F)c4)nc23)CC1. The third-order valence-corrected chi connectivity index (χ3v) is 4.78. The molecular weight excluding hydrogens is 373 g/mol. The Labute approximate surface area is 158 Å². The van der Waals surface area contributed by atoms with E-state index in [2.05, 4.69) is 25.0 Å². The Hall–Kier alpha value is -2.81. The lowest BCUT2D eigenvalue weighted by molar-refractivity contribution is -0.274. The van der Waals surface area contributed by atoms with E-state index in [1.54, 1.807) is 18.3 Å². The molecule has 9 heteroatoms. The van der Waals surface area contributed by atoms with E-state index in [0.29, 0.717) is 22.7 Å². The molecule has 2 aromatic heterocycles. The van der Waals surface area contributed by atoms with Gasteiger partial charge in [0.2, 0.25) is 0 Å². The molecule has 1 aliphatic carbocycles. The molecule has 148 valence electrons. The molecule has 0 bridgehead atoms. The van der Waals surface area contributed by atoms with Crippen molar-refractivity contribution in [2.45, 2.75) is 44.2 Å². The van der Waals surface area contributed by atoms with E-state index >= 15 is 0 Å². The molecule has 0 aliphatic heterocycles. The van der Waals surface area contributed by atoms with Crippen LogP contribution in [-0.4, -0.2) is 38.6 Å². The van der Waals surface area contributed by atoms with Crippen molar-refractivity contribution in [3.63, 3.8) is 0 Å². The molecule has 3 aromatic rings. The van der Waals surface area contributed by atoms with Gasteiger partial charge in [-0.25, -0.2) is 9.97 Å². The van der Waals surface area contributed by atoms with Crippen LogP contribution >= 0.6 is 0 Å². The summed E-state index contributed by atoms with van der Waals surface area (Å²) in [6.07, 6.45) is -0.184. The predicted octanol–water partition coefficient (Wildman–Crippen LogP) is 4.24. The molecule has 0 saturated heterocycles. The van der Waals surface area contributed by atoms with Gasteiger partial charge in [-0.1, -0.05) is 12.1 Å². The van der Waals surface area contributed by atoms with Crippen molar-refractivity contribution < 1.29 is 23.0 Å². The Morgan fingerprint density at radius 3 is 2.68 bits per heavy atom. The number of nitrogens with one attached hydrogen (secondary N) is 2. The summed E-state index contributed by atoms with van der Waals surface area (Å²) in [5.74, 6) is 0.740. The minimum absolute atomic E-state index is 0.199. The van der Waals surface area contributed by atoms with Gasteiger partial charge < -0.3 is 20.1 Å². The van der Waals surface area contributed by atoms with Crippen molar-refractivity contribution in [2.24, 2.45) is 0 Å². The molecule has 4 rings (SSSR count). The zero-order valence-electron chi connectivity index (χ0n) is 14.8. The average molecular weight is 392 g/mol. The van der Waals surface area contributed by atoms with Crippen LogP contribution in [-0.2, 0) is 0 Å². The second-order valence-corrected chi connectivity index (χ2v) is 6.87. The predicted molar refractivity (Wildman–Crippen MR) is 97.9 cm³/mol. The Morgan fingerprint density at radius 2 is 1.93 bits per heavy atom. The second-order valence-electron chi connectivity index (χ2n) is 6.87. The smallest absolute Gasteiger partial charge is 0.406 e. The molecule has 1 aliphatic rings. The summed E-state index contributed by atoms with van der Waals surface area (Å²) >= 11 is 0. The fourth-order valence-corrected chi connectivity index (χ4v) is 3.43. The number of fused-ring (bicyclic) bond motifs is 1. The number of aliphatic hydroxyl groups is 1. The lowest BCUT2D eigenvalue weighted by atomic mass is 9.93. The van der Waals surface area contributed by atoms with E-state index in [1.165, 1.54) is 18.2 Å². The molecule has 6 nitrogen and oxygen atoms in total. The highest BCUT2D eigenvalue weighted by Crippen LogP contribution is 2.30. The van der Waals surface area contributed by atoms with Gasteiger partial charge in [0.1, 0.15) is 17.1 Å². The number of H-pyrrole nitrogens is 1. The molecule has 0 unspecified atom stereocenters. The lowest BCUT2D eigenvalue weighted by Gasteiger charge is -2.26. The number of ether oxygens (including phenoxy) is 1. The van der Waals surface area contributed by atoms with Crippen LogP contribution in [0.3, 0.4) is 0 Å². The maximum absolute atomic E-state index is 12.5. The van der Waals surface area contributed by atoms with Crippen molar-refractivity contribution in [3.05, 3.63) is 36.5 Å². The number of aliphatic hydroxyl groups excluding tert-OH is 1. The third kappa shape index (κ3) is 4.19. The summed E-state index contributed by atoms with van der Waals surface area (Å²) in [7, 11) is 0. The molecule has 3 N–H and O–H groups in total. The summed E-state index contributed by atoms with van der Waals surface area (Å²) in [5, 5.41) is 13.0. The van der Waals surface area contributed by atoms with Crippen molar-refractivity contribution in [2.75, 3.05) is 5.32 Å². The first kappa shape index (κ1) is 18.5. The van der Waals surface area contributed by atoms with Gasteiger partial charge >= 0.3 is 6.36 Å². The molecule has 1 saturated carbocycles. The molecule has 0 radical (unpaired) electrons. The van der Waals surface area contributed by atoms with Gasteiger partial charge in [0.15, 0.2) is 5.82 Å². The first-order valence-corrected chi connectivity index (χ1v) is 9.03. The van der Waals surface area contributed by atoms with E-state index in [0.717, 1.165) is 31.2 Å². The molecule has 0 spiro atoms. The quantitative estimate of drug-likeness (QED) is 0.619. The van der Waals surface area contributed by atoms with Crippen LogP contribution in [0.5, 0.6) is 5.75 Å². The fraction of sp³-hybridized carbons (Fsp3) is 0.368. The molecule has 1 aromatic carbocycles. The van der Waals surface area contributed by atoms with Gasteiger partial charge in [0.25, 0.3) is 0 Å². The number of rotatable bonds is 4. The molecule has 2 heterocycles. The van der Waals surface area contributed by atoms with Gasteiger partial charge in [-0.3, -0.25) is 0 Å². The highest BCUT2D eigenvalue weighted by atomic mass is 19.4. The van der Waals surface area contributed by atoms with Crippen LogP contribution in [0.1, 0.15) is 25.7 Å². The maximum atomic E-state index is 12.5. The topological polar surface area (TPSA) is 83.1 Å². The molecule has 1 fully saturated rings. The van der Waals surface area contributed by atoms with Crippen molar-refractivity contribution in [1.29, 1.82) is 0 Å². The van der Waals surface area contributed by atoms with Crippen LogP contribution in [0.4, 0.5) is 19.0 Å². The number of aromatic nitrogens is 3. The Morgan fingerprint density at radius 1 is 1.14 bits per heavy atom. The van der Waals surface area contributed by atoms with E-state index < -0.39 is 6.36 Å². The summed E-state index contributed by atoms with van der Waals surface area (Å²) in [4.78, 5) is 12.0. The van der Waals surface area contributed by atoms with E-state index in [-0.39, 0.29) is 17.9 Å². The minimum Gasteiger partial charge on any atom is -0.406 e. The molecular formula is C19H19F3N4O2. The number of pyridine rings is 1. The average Bonchev–Trinajstić information content (AvgIpc) is 3.08. The largest absolute Gasteiger partial charge is 0.573 e. The van der Waals surface area contributed by atoms with Gasteiger partial charge in [-0.05, 0) is 43.9 Å². The van der Waals surface area contributed by atoms with E-state index in [4.69, 9.17) is 0 Å². The van der Waals surface area contributed by atoms with Gasteiger partial charge in [-0.2, -0.15) is 0 Å². The molecule has 0 atom stereocenters. The Kier molecular flexibility index (Phi) is 4.84. The fourth-order valence-electron chi connectivity index (χ4n) is 3.43. The Balaban J connectivity index is 1.61. The van der Waals surface area contributed by atoms with Crippen LogP contribution in [0.2, 0.25) is 0 Å². The maximum Gasteiger partial charge on any atom is 0.573 e. The zero-order valence-corrected chi connectivity index (χ0v) is 14.8. The van der Waals surface area contributed by atoms with Crippen LogP contribution < -0.4 is 10.1 Å². The van der Waals surface area contributed by atoms with Crippen molar-refractivity contribution in [1.82, 2.24) is 15.0 Å². The summed E-state index contributed by atoms with van der Waals surface area (Å²) in [6, 6.07) is 7.63. The van der Waals surface area contributed by atoms with Crippen molar-refractivity contribution in [3.8, 4) is 17.1 Å². The summed E-state index contributed by atoms with van der Waals surface area (Å²) in [6.45, 7) is 0. The standard InChI is InChI=1S/C19H19F3N4O2/c20-19(21,22)28-14-3-1-2-11(10-14)17-25-15-8-9-23-18(16(15)26-17)24-12-4-6-13(27)7-5-12/h1-3,8-10,12-13,27H,4-7H2,(H,23,24)(H,25,26). The van der Waals surface area contributed by atoms with Crippen LogP contribution in [0.25, 0.3) is 22.4 Å². The highest BCUT2D eigenvalue weighted by molar-refractivity contribution is 5.88. The van der Waals surface area contributed by atoms with Gasteiger partial charge in [0, 0.05) is 17.8 Å². The number of benzene rings is 1. The first-order valence-electron chi connectivity index (χ1n) is 9.03. The summed E-state index contributed by atoms with van der Waals surface area (Å²) < 4.78 is 41.4. The highest BCUT2D eigenvalue weighted by Gasteiger charge is 2.31. The van der Waals surface area contributed by atoms with Gasteiger partial charge in [-0.15, -0.1) is 13.2 Å². The number of hydrogen-bond donors (Lipinski definition) is 3. The molecule has 28 heavy (non-hydrogen) atoms.